The fourth-order valence-electron chi connectivity index (χ4n) is 1.35. The first-order valence-corrected chi connectivity index (χ1v) is 7.35. The summed E-state index contributed by atoms with van der Waals surface area (Å²) in [4.78, 5) is 10.8. The van der Waals surface area contributed by atoms with Crippen molar-refractivity contribution in [2.45, 2.75) is 19.9 Å². The third-order valence-corrected chi connectivity index (χ3v) is 3.92. The Morgan fingerprint density at radius 2 is 1.84 bits per heavy atom. The number of hydrogen-bond donors (Lipinski definition) is 2. The maximum Gasteiger partial charge on any atom is 0.307 e. The van der Waals surface area contributed by atoms with Crippen LogP contribution >= 0.6 is 0 Å². The van der Waals surface area contributed by atoms with Crippen molar-refractivity contribution in [1.82, 2.24) is 4.72 Å². The summed E-state index contributed by atoms with van der Waals surface area (Å²) in [5, 5.41) is 9.84. The molecule has 1 aromatic carbocycles. The number of carboxylic acid groups (broad SMARTS) is 1. The Balaban J connectivity index is 2.72. The monoisotopic (exact) mass is 283 g/mol. The molecule has 0 amide bonds. The predicted octanol–water partition coefficient (Wildman–Crippen LogP) is 1.69. The predicted molar refractivity (Wildman–Crippen MR) is 73.8 cm³/mol. The summed E-state index contributed by atoms with van der Waals surface area (Å²) < 4.78 is 25.8. The average Bonchev–Trinajstić information content (AvgIpc) is 2.36. The van der Waals surface area contributed by atoms with Gasteiger partial charge in [-0.15, -0.1) is 0 Å². The van der Waals surface area contributed by atoms with Crippen LogP contribution in [-0.2, 0) is 14.8 Å². The number of aliphatic carboxylic acids is 1. The first-order valence-electron chi connectivity index (χ1n) is 5.80. The molecule has 19 heavy (non-hydrogen) atoms. The fourth-order valence-corrected chi connectivity index (χ4v) is 2.48. The second-order valence-electron chi connectivity index (χ2n) is 4.29. The van der Waals surface area contributed by atoms with Gasteiger partial charge in [0.15, 0.2) is 0 Å². The molecule has 2 unspecified atom stereocenters. The van der Waals surface area contributed by atoms with Crippen LogP contribution in [0.3, 0.4) is 0 Å². The lowest BCUT2D eigenvalue weighted by Crippen LogP contribution is -2.39. The molecule has 0 aliphatic carbocycles. The topological polar surface area (TPSA) is 83.5 Å². The molecule has 0 saturated carbocycles. The van der Waals surface area contributed by atoms with Gasteiger partial charge in [0.25, 0.3) is 0 Å². The van der Waals surface area contributed by atoms with Crippen LogP contribution < -0.4 is 4.72 Å². The number of hydrogen-bond acceptors (Lipinski definition) is 3. The molecule has 0 spiro atoms. The largest absolute Gasteiger partial charge is 0.481 e. The number of carboxylic acids is 1. The lowest BCUT2D eigenvalue weighted by molar-refractivity contribution is -0.141. The highest BCUT2D eigenvalue weighted by molar-refractivity contribution is 7.92. The zero-order valence-corrected chi connectivity index (χ0v) is 11.6. The first-order chi connectivity index (χ1) is 8.82. The first kappa shape index (κ1) is 15.4. The highest BCUT2D eigenvalue weighted by Crippen LogP contribution is 2.07. The summed E-state index contributed by atoms with van der Waals surface area (Å²) in [6, 6.07) is 8.30. The Morgan fingerprint density at radius 1 is 1.26 bits per heavy atom. The van der Waals surface area contributed by atoms with E-state index in [1.807, 2.05) is 6.07 Å². The van der Waals surface area contributed by atoms with Crippen molar-refractivity contribution in [2.24, 2.45) is 5.92 Å². The Labute approximate surface area is 113 Å². The molecule has 0 aromatic heterocycles. The van der Waals surface area contributed by atoms with Crippen molar-refractivity contribution in [3.8, 4) is 0 Å². The molecule has 0 aliphatic rings. The van der Waals surface area contributed by atoms with Gasteiger partial charge in [0.05, 0.1) is 5.92 Å². The molecule has 2 N–H and O–H groups in total. The van der Waals surface area contributed by atoms with E-state index in [4.69, 9.17) is 5.11 Å². The van der Waals surface area contributed by atoms with Crippen LogP contribution in [0.4, 0.5) is 0 Å². The van der Waals surface area contributed by atoms with Crippen LogP contribution in [-0.4, -0.2) is 25.5 Å². The molecule has 0 saturated heterocycles. The summed E-state index contributed by atoms with van der Waals surface area (Å²) in [5.41, 5.74) is 0.756. The second-order valence-corrected chi connectivity index (χ2v) is 5.89. The highest BCUT2D eigenvalue weighted by atomic mass is 32.2. The second kappa shape index (κ2) is 6.49. The zero-order chi connectivity index (χ0) is 14.5. The number of sulfonamides is 1. The lowest BCUT2D eigenvalue weighted by Gasteiger charge is -2.16. The van der Waals surface area contributed by atoms with E-state index >= 15 is 0 Å². The molecule has 0 bridgehead atoms. The molecular weight excluding hydrogens is 266 g/mol. The highest BCUT2D eigenvalue weighted by Gasteiger charge is 2.22. The summed E-state index contributed by atoms with van der Waals surface area (Å²) in [6.45, 7) is 2.98. The molecule has 5 nitrogen and oxygen atoms in total. The average molecular weight is 283 g/mol. The third kappa shape index (κ3) is 5.23. The Bertz CT molecular complexity index is 551. The summed E-state index contributed by atoms with van der Waals surface area (Å²) in [5.74, 6) is -1.83. The summed E-state index contributed by atoms with van der Waals surface area (Å²) in [6.07, 6.45) is 1.46. The minimum atomic E-state index is -3.65. The quantitative estimate of drug-likeness (QED) is 0.832. The van der Waals surface area contributed by atoms with Gasteiger partial charge < -0.3 is 5.11 Å². The van der Waals surface area contributed by atoms with Crippen molar-refractivity contribution >= 4 is 22.1 Å². The van der Waals surface area contributed by atoms with E-state index in [-0.39, 0.29) is 0 Å². The van der Waals surface area contributed by atoms with E-state index in [0.29, 0.717) is 0 Å². The van der Waals surface area contributed by atoms with Crippen LogP contribution in [0.5, 0.6) is 0 Å². The van der Waals surface area contributed by atoms with Gasteiger partial charge in [-0.3, -0.25) is 4.79 Å². The number of carbonyl (C=O) groups is 1. The van der Waals surface area contributed by atoms with Crippen molar-refractivity contribution in [2.75, 3.05) is 0 Å². The minimum absolute atomic E-state index is 0.678. The van der Waals surface area contributed by atoms with E-state index in [0.717, 1.165) is 11.0 Å². The van der Waals surface area contributed by atoms with Crippen molar-refractivity contribution in [1.29, 1.82) is 0 Å². The van der Waals surface area contributed by atoms with E-state index in [2.05, 4.69) is 4.72 Å². The molecular formula is C13H17NO4S. The summed E-state index contributed by atoms with van der Waals surface area (Å²) >= 11 is 0. The molecule has 0 fully saturated rings. The van der Waals surface area contributed by atoms with Gasteiger partial charge in [0.1, 0.15) is 0 Å². The fraction of sp³-hybridized carbons (Fsp3) is 0.308. The Hall–Kier alpha value is -1.66. The van der Waals surface area contributed by atoms with Crippen LogP contribution in [0.15, 0.2) is 35.7 Å². The minimum Gasteiger partial charge on any atom is -0.481 e. The van der Waals surface area contributed by atoms with Gasteiger partial charge in [0.2, 0.25) is 10.0 Å². The molecule has 0 radical (unpaired) electrons. The van der Waals surface area contributed by atoms with Crippen LogP contribution in [0.1, 0.15) is 19.4 Å². The SMILES string of the molecule is CC(NS(=O)(=O)/C=C/c1ccccc1)C(C)C(=O)O. The maximum absolute atomic E-state index is 11.8. The van der Waals surface area contributed by atoms with Crippen LogP contribution in [0, 0.1) is 5.92 Å². The van der Waals surface area contributed by atoms with E-state index in [9.17, 15) is 13.2 Å². The third-order valence-electron chi connectivity index (χ3n) is 2.73. The molecule has 1 aromatic rings. The lowest BCUT2D eigenvalue weighted by atomic mass is 10.1. The van der Waals surface area contributed by atoms with Gasteiger partial charge >= 0.3 is 5.97 Å². The number of benzene rings is 1. The van der Waals surface area contributed by atoms with Gasteiger partial charge in [-0.2, -0.15) is 0 Å². The van der Waals surface area contributed by atoms with E-state index in [1.54, 1.807) is 24.3 Å². The molecule has 104 valence electrons. The molecule has 0 heterocycles. The van der Waals surface area contributed by atoms with Gasteiger partial charge in [-0.25, -0.2) is 13.1 Å². The van der Waals surface area contributed by atoms with Gasteiger partial charge in [-0.1, -0.05) is 37.3 Å². The summed E-state index contributed by atoms with van der Waals surface area (Å²) in [7, 11) is -3.65. The zero-order valence-electron chi connectivity index (χ0n) is 10.8. The maximum atomic E-state index is 11.8. The normalized spacial score (nSPS) is 15.3. The van der Waals surface area contributed by atoms with Crippen LogP contribution in [0.25, 0.3) is 6.08 Å². The van der Waals surface area contributed by atoms with Crippen molar-refractivity contribution in [3.63, 3.8) is 0 Å². The van der Waals surface area contributed by atoms with Gasteiger partial charge in [-0.05, 0) is 18.6 Å². The standard InChI is InChI=1S/C13H17NO4S/c1-10(13(15)16)11(2)14-19(17,18)9-8-12-6-4-3-5-7-12/h3-11,14H,1-2H3,(H,15,16)/b9-8+. The molecule has 6 heteroatoms. The molecule has 0 aliphatic heterocycles. The van der Waals surface area contributed by atoms with Crippen molar-refractivity contribution in [3.05, 3.63) is 41.3 Å². The van der Waals surface area contributed by atoms with E-state index in [1.165, 1.54) is 19.9 Å². The van der Waals surface area contributed by atoms with Gasteiger partial charge in [0, 0.05) is 11.4 Å². The smallest absolute Gasteiger partial charge is 0.307 e. The Kier molecular flexibility index (Phi) is 5.26. The number of nitrogens with one attached hydrogen (secondary N) is 1. The van der Waals surface area contributed by atoms with E-state index < -0.39 is 28.0 Å². The van der Waals surface area contributed by atoms with Crippen molar-refractivity contribution < 1.29 is 18.3 Å². The molecule has 2 atom stereocenters. The van der Waals surface area contributed by atoms with Crippen LogP contribution in [0.2, 0.25) is 0 Å². The molecule has 1 rings (SSSR count). The number of rotatable bonds is 6. The Morgan fingerprint density at radius 3 is 2.37 bits per heavy atom.